The topological polar surface area (TPSA) is 9.23 Å². The van der Waals surface area contributed by atoms with Gasteiger partial charge in [-0.15, -0.1) is 11.6 Å². The maximum absolute atomic E-state index is 6.80. The zero-order valence-electron chi connectivity index (χ0n) is 12.9. The molecule has 1 nitrogen and oxygen atoms in total. The number of hydrogen-bond acceptors (Lipinski definition) is 1. The molecule has 1 unspecified atom stereocenters. The standard InChI is InChI=1S/C19H21ClO/c1-12-9-13(2)18(14(3)10-12)19(20)16-6-7-17-15(11-16)5-4-8-21-17/h6-7,9-11,19H,4-5,8H2,1-3H3. The highest BCUT2D eigenvalue weighted by molar-refractivity contribution is 6.22. The van der Waals surface area contributed by atoms with Crippen LogP contribution in [0.3, 0.4) is 0 Å². The van der Waals surface area contributed by atoms with Crippen molar-refractivity contribution in [3.63, 3.8) is 0 Å². The van der Waals surface area contributed by atoms with Crippen molar-refractivity contribution in [2.75, 3.05) is 6.61 Å². The smallest absolute Gasteiger partial charge is 0.122 e. The molecule has 21 heavy (non-hydrogen) atoms. The summed E-state index contributed by atoms with van der Waals surface area (Å²) in [4.78, 5) is 0. The van der Waals surface area contributed by atoms with Gasteiger partial charge in [-0.2, -0.15) is 0 Å². The molecule has 0 radical (unpaired) electrons. The van der Waals surface area contributed by atoms with Crippen LogP contribution >= 0.6 is 11.6 Å². The van der Waals surface area contributed by atoms with E-state index >= 15 is 0 Å². The van der Waals surface area contributed by atoms with Crippen molar-refractivity contribution in [3.05, 3.63) is 63.7 Å². The lowest BCUT2D eigenvalue weighted by Gasteiger charge is -2.21. The summed E-state index contributed by atoms with van der Waals surface area (Å²) in [6, 6.07) is 10.8. The average Bonchev–Trinajstić information content (AvgIpc) is 2.45. The molecule has 0 N–H and O–H groups in total. The number of halogens is 1. The lowest BCUT2D eigenvalue weighted by Crippen LogP contribution is -2.09. The highest BCUT2D eigenvalue weighted by Gasteiger charge is 2.19. The zero-order chi connectivity index (χ0) is 15.0. The van der Waals surface area contributed by atoms with Crippen LogP contribution in [0.4, 0.5) is 0 Å². The van der Waals surface area contributed by atoms with Crippen LogP contribution in [-0.4, -0.2) is 6.61 Å². The lowest BCUT2D eigenvalue weighted by atomic mass is 9.92. The zero-order valence-corrected chi connectivity index (χ0v) is 13.6. The molecule has 0 amide bonds. The third-order valence-corrected chi connectivity index (χ3v) is 4.69. The summed E-state index contributed by atoms with van der Waals surface area (Å²) in [6.45, 7) is 7.24. The van der Waals surface area contributed by atoms with Gasteiger partial charge < -0.3 is 4.74 Å². The highest BCUT2D eigenvalue weighted by atomic mass is 35.5. The SMILES string of the molecule is Cc1cc(C)c(C(Cl)c2ccc3c(c2)CCCO3)c(C)c1. The van der Waals surface area contributed by atoms with Crippen molar-refractivity contribution in [1.29, 1.82) is 0 Å². The summed E-state index contributed by atoms with van der Waals surface area (Å²) in [5, 5.41) is -0.0992. The maximum Gasteiger partial charge on any atom is 0.122 e. The van der Waals surface area contributed by atoms with E-state index in [2.05, 4.69) is 51.1 Å². The third kappa shape index (κ3) is 2.80. The van der Waals surface area contributed by atoms with E-state index in [1.165, 1.54) is 27.8 Å². The molecule has 0 spiro atoms. The minimum absolute atomic E-state index is 0.0992. The number of ether oxygens (including phenoxy) is 1. The second kappa shape index (κ2) is 5.73. The predicted octanol–water partition coefficient (Wildman–Crippen LogP) is 5.27. The molecule has 2 aromatic rings. The Morgan fingerprint density at radius 3 is 2.48 bits per heavy atom. The molecule has 0 aliphatic carbocycles. The van der Waals surface area contributed by atoms with Crippen molar-refractivity contribution in [1.82, 2.24) is 0 Å². The molecule has 3 rings (SSSR count). The normalized spacial score (nSPS) is 15.2. The van der Waals surface area contributed by atoms with Gasteiger partial charge in [-0.05, 0) is 67.5 Å². The minimum atomic E-state index is -0.0992. The average molecular weight is 301 g/mol. The maximum atomic E-state index is 6.80. The highest BCUT2D eigenvalue weighted by Crippen LogP contribution is 2.36. The Bertz CT molecular complexity index is 652. The van der Waals surface area contributed by atoms with E-state index in [0.717, 1.165) is 30.8 Å². The van der Waals surface area contributed by atoms with Gasteiger partial charge in [-0.3, -0.25) is 0 Å². The van der Waals surface area contributed by atoms with Crippen molar-refractivity contribution in [3.8, 4) is 5.75 Å². The fraction of sp³-hybridized carbons (Fsp3) is 0.368. The van der Waals surface area contributed by atoms with E-state index in [0.29, 0.717) is 0 Å². The predicted molar refractivity (Wildman–Crippen MR) is 88.6 cm³/mol. The quantitative estimate of drug-likeness (QED) is 0.687. The molecule has 1 heterocycles. The number of aryl methyl sites for hydroxylation is 4. The molecule has 110 valence electrons. The van der Waals surface area contributed by atoms with Gasteiger partial charge >= 0.3 is 0 Å². The first-order valence-corrected chi connectivity index (χ1v) is 7.97. The van der Waals surface area contributed by atoms with Crippen LogP contribution in [0.2, 0.25) is 0 Å². The molecule has 1 atom stereocenters. The van der Waals surface area contributed by atoms with Crippen LogP contribution in [0.25, 0.3) is 0 Å². The van der Waals surface area contributed by atoms with E-state index in [4.69, 9.17) is 16.3 Å². The molecule has 2 heteroatoms. The summed E-state index contributed by atoms with van der Waals surface area (Å²) in [5.41, 5.74) is 7.50. The Labute approximate surface area is 131 Å². The van der Waals surface area contributed by atoms with Crippen molar-refractivity contribution >= 4 is 11.6 Å². The number of benzene rings is 2. The molecule has 0 aromatic heterocycles. The second-order valence-electron chi connectivity index (χ2n) is 5.99. The van der Waals surface area contributed by atoms with Gasteiger partial charge in [0.15, 0.2) is 0 Å². The van der Waals surface area contributed by atoms with E-state index in [-0.39, 0.29) is 5.38 Å². The molecule has 0 saturated carbocycles. The van der Waals surface area contributed by atoms with Crippen LogP contribution in [-0.2, 0) is 6.42 Å². The Hall–Kier alpha value is -1.47. The van der Waals surface area contributed by atoms with Gasteiger partial charge in [0.1, 0.15) is 5.75 Å². The van der Waals surface area contributed by atoms with Gasteiger partial charge in [0.05, 0.1) is 12.0 Å². The van der Waals surface area contributed by atoms with Crippen molar-refractivity contribution < 1.29 is 4.74 Å². The fourth-order valence-corrected chi connectivity index (χ4v) is 3.78. The van der Waals surface area contributed by atoms with Gasteiger partial charge in [-0.25, -0.2) is 0 Å². The third-order valence-electron chi connectivity index (χ3n) is 4.22. The van der Waals surface area contributed by atoms with Crippen molar-refractivity contribution in [2.24, 2.45) is 0 Å². The second-order valence-corrected chi connectivity index (χ2v) is 6.43. The van der Waals surface area contributed by atoms with Crippen LogP contribution < -0.4 is 4.74 Å². The fourth-order valence-electron chi connectivity index (χ4n) is 3.30. The van der Waals surface area contributed by atoms with Gasteiger partial charge in [-0.1, -0.05) is 29.8 Å². The summed E-state index contributed by atoms with van der Waals surface area (Å²) < 4.78 is 5.68. The first-order valence-electron chi connectivity index (χ1n) is 7.53. The molecule has 1 aliphatic heterocycles. The van der Waals surface area contributed by atoms with Crippen LogP contribution in [0.5, 0.6) is 5.75 Å². The number of alkyl halides is 1. The van der Waals surface area contributed by atoms with E-state index in [1.807, 2.05) is 0 Å². The first-order chi connectivity index (χ1) is 10.1. The number of rotatable bonds is 2. The Balaban J connectivity index is 2.01. The Morgan fingerprint density at radius 1 is 1.05 bits per heavy atom. The van der Waals surface area contributed by atoms with Gasteiger partial charge in [0.2, 0.25) is 0 Å². The molecule has 0 saturated heterocycles. The summed E-state index contributed by atoms with van der Waals surface area (Å²) in [5.74, 6) is 1.02. The van der Waals surface area contributed by atoms with E-state index in [9.17, 15) is 0 Å². The van der Waals surface area contributed by atoms with E-state index in [1.54, 1.807) is 0 Å². The van der Waals surface area contributed by atoms with Gasteiger partial charge in [0, 0.05) is 0 Å². The minimum Gasteiger partial charge on any atom is -0.493 e. The molecule has 1 aliphatic rings. The van der Waals surface area contributed by atoms with Crippen LogP contribution in [0.15, 0.2) is 30.3 Å². The molecule has 0 bridgehead atoms. The monoisotopic (exact) mass is 300 g/mol. The van der Waals surface area contributed by atoms with E-state index < -0.39 is 0 Å². The summed E-state index contributed by atoms with van der Waals surface area (Å²) >= 11 is 6.80. The van der Waals surface area contributed by atoms with Crippen LogP contribution in [0.1, 0.15) is 45.2 Å². The van der Waals surface area contributed by atoms with Gasteiger partial charge in [0.25, 0.3) is 0 Å². The van der Waals surface area contributed by atoms with Crippen molar-refractivity contribution in [2.45, 2.75) is 39.0 Å². The molecule has 2 aromatic carbocycles. The Morgan fingerprint density at radius 2 is 1.76 bits per heavy atom. The number of fused-ring (bicyclic) bond motifs is 1. The summed E-state index contributed by atoms with van der Waals surface area (Å²) in [6.07, 6.45) is 2.17. The number of hydrogen-bond donors (Lipinski definition) is 0. The summed E-state index contributed by atoms with van der Waals surface area (Å²) in [7, 11) is 0. The van der Waals surface area contributed by atoms with Crippen LogP contribution in [0, 0.1) is 20.8 Å². The molecule has 0 fully saturated rings. The first kappa shape index (κ1) is 14.5. The molecular formula is C19H21ClO. The molecular weight excluding hydrogens is 280 g/mol. The largest absolute Gasteiger partial charge is 0.493 e. The Kier molecular flexibility index (Phi) is 3.95. The lowest BCUT2D eigenvalue weighted by molar-refractivity contribution is 0.288.